The number of halogens is 1. The third-order valence-corrected chi connectivity index (χ3v) is 3.32. The van der Waals surface area contributed by atoms with Crippen molar-refractivity contribution < 1.29 is 4.74 Å². The molecule has 1 rings (SSSR count). The van der Waals surface area contributed by atoms with Gasteiger partial charge in [0.2, 0.25) is 0 Å². The van der Waals surface area contributed by atoms with Crippen LogP contribution in [0.25, 0.3) is 0 Å². The van der Waals surface area contributed by atoms with Crippen molar-refractivity contribution in [1.82, 2.24) is 10.2 Å². The van der Waals surface area contributed by atoms with Crippen molar-refractivity contribution in [3.05, 3.63) is 21.0 Å². The fraction of sp³-hybridized carbons (Fsp3) is 0.636. The quantitative estimate of drug-likeness (QED) is 0.843. The number of aromatic nitrogens is 2. The Hall–Kier alpha value is -0.880. The van der Waals surface area contributed by atoms with E-state index in [4.69, 9.17) is 4.74 Å². The van der Waals surface area contributed by atoms with E-state index < -0.39 is 0 Å². The predicted octanol–water partition coefficient (Wildman–Crippen LogP) is 2.01. The minimum atomic E-state index is -0.232. The molecule has 0 spiro atoms. The first-order chi connectivity index (χ1) is 7.96. The Morgan fingerprint density at radius 1 is 1.59 bits per heavy atom. The third kappa shape index (κ3) is 4.47. The van der Waals surface area contributed by atoms with Crippen LogP contribution >= 0.6 is 15.9 Å². The molecular formula is C11H18BrN3O2. The first kappa shape index (κ1) is 14.2. The number of nitrogens with one attached hydrogen (secondary N) is 2. The highest BCUT2D eigenvalue weighted by Crippen LogP contribution is 2.23. The van der Waals surface area contributed by atoms with Gasteiger partial charge in [0.05, 0.1) is 11.9 Å². The molecule has 0 aliphatic carbocycles. The molecule has 0 unspecified atom stereocenters. The molecule has 1 aromatic rings. The van der Waals surface area contributed by atoms with Crippen molar-refractivity contribution in [1.29, 1.82) is 0 Å². The van der Waals surface area contributed by atoms with Crippen LogP contribution in [0.1, 0.15) is 20.3 Å². The van der Waals surface area contributed by atoms with E-state index in [0.717, 1.165) is 19.6 Å². The molecule has 5 nitrogen and oxygen atoms in total. The van der Waals surface area contributed by atoms with Gasteiger partial charge in [-0.1, -0.05) is 13.8 Å². The number of H-pyrrole nitrogens is 1. The van der Waals surface area contributed by atoms with E-state index in [1.165, 1.54) is 0 Å². The fourth-order valence-corrected chi connectivity index (χ4v) is 1.64. The lowest BCUT2D eigenvalue weighted by Crippen LogP contribution is -2.25. The Bertz CT molecular complexity index is 417. The van der Waals surface area contributed by atoms with Crippen LogP contribution in [0.5, 0.6) is 0 Å². The molecule has 2 N–H and O–H groups in total. The molecule has 0 aromatic carbocycles. The van der Waals surface area contributed by atoms with Crippen molar-refractivity contribution in [2.45, 2.75) is 20.3 Å². The minimum absolute atomic E-state index is 0.0953. The molecule has 0 fully saturated rings. The van der Waals surface area contributed by atoms with Crippen LogP contribution in [-0.4, -0.2) is 30.5 Å². The molecule has 17 heavy (non-hydrogen) atoms. The van der Waals surface area contributed by atoms with Gasteiger partial charge in [0, 0.05) is 20.3 Å². The Morgan fingerprint density at radius 3 is 2.94 bits per heavy atom. The summed E-state index contributed by atoms with van der Waals surface area (Å²) in [4.78, 5) is 11.3. The number of hydrogen-bond donors (Lipinski definition) is 2. The van der Waals surface area contributed by atoms with E-state index in [2.05, 4.69) is 45.3 Å². The number of rotatable bonds is 6. The molecule has 0 amide bonds. The molecular weight excluding hydrogens is 286 g/mol. The van der Waals surface area contributed by atoms with Crippen molar-refractivity contribution in [2.24, 2.45) is 5.41 Å². The van der Waals surface area contributed by atoms with Gasteiger partial charge in [-0.3, -0.25) is 4.79 Å². The van der Waals surface area contributed by atoms with Crippen molar-refractivity contribution >= 4 is 21.6 Å². The van der Waals surface area contributed by atoms with E-state index in [1.807, 2.05) is 0 Å². The summed E-state index contributed by atoms with van der Waals surface area (Å²) in [5.41, 5.74) is 0.571. The summed E-state index contributed by atoms with van der Waals surface area (Å²) in [5, 5.41) is 9.33. The number of nitrogens with zero attached hydrogens (tertiary/aromatic N) is 1. The number of hydrogen-bond acceptors (Lipinski definition) is 4. The summed E-state index contributed by atoms with van der Waals surface area (Å²) in [5.74, 6) is 0. The molecule has 0 atom stereocenters. The van der Waals surface area contributed by atoms with Crippen molar-refractivity contribution in [3.8, 4) is 0 Å². The van der Waals surface area contributed by atoms with Crippen LogP contribution in [-0.2, 0) is 4.74 Å². The van der Waals surface area contributed by atoms with Crippen molar-refractivity contribution in [3.63, 3.8) is 0 Å². The molecule has 6 heteroatoms. The van der Waals surface area contributed by atoms with Gasteiger partial charge in [0.15, 0.2) is 0 Å². The highest BCUT2D eigenvalue weighted by Gasteiger charge is 2.18. The third-order valence-electron chi connectivity index (χ3n) is 2.54. The second kappa shape index (κ2) is 6.16. The predicted molar refractivity (Wildman–Crippen MR) is 71.3 cm³/mol. The lowest BCUT2D eigenvalue weighted by Gasteiger charge is -2.25. The zero-order chi connectivity index (χ0) is 12.9. The topological polar surface area (TPSA) is 67.0 Å². The lowest BCUT2D eigenvalue weighted by molar-refractivity contribution is 0.157. The van der Waals surface area contributed by atoms with Gasteiger partial charge in [-0.2, -0.15) is 5.10 Å². The lowest BCUT2D eigenvalue weighted by atomic mass is 9.89. The molecule has 1 heterocycles. The SMILES string of the molecule is COCCC(C)(C)CNc1cn[nH]c(=O)c1Br. The summed E-state index contributed by atoms with van der Waals surface area (Å²) in [7, 11) is 1.70. The molecule has 0 saturated heterocycles. The first-order valence-corrected chi connectivity index (χ1v) is 6.21. The Morgan fingerprint density at radius 2 is 2.29 bits per heavy atom. The number of ether oxygens (including phenoxy) is 1. The largest absolute Gasteiger partial charge is 0.385 e. The summed E-state index contributed by atoms with van der Waals surface area (Å²) in [6.07, 6.45) is 2.54. The Balaban J connectivity index is 2.61. The van der Waals surface area contributed by atoms with Gasteiger partial charge in [0.25, 0.3) is 5.56 Å². The minimum Gasteiger partial charge on any atom is -0.385 e. The Kier molecular flexibility index (Phi) is 5.14. The Labute approximate surface area is 109 Å². The second-order valence-corrected chi connectivity index (χ2v) is 5.48. The van der Waals surface area contributed by atoms with Gasteiger partial charge in [-0.25, -0.2) is 5.10 Å². The first-order valence-electron chi connectivity index (χ1n) is 5.42. The fourth-order valence-electron chi connectivity index (χ4n) is 1.31. The zero-order valence-electron chi connectivity index (χ0n) is 10.3. The van der Waals surface area contributed by atoms with E-state index in [-0.39, 0.29) is 11.0 Å². The van der Waals surface area contributed by atoms with E-state index in [9.17, 15) is 4.79 Å². The maximum Gasteiger partial charge on any atom is 0.280 e. The van der Waals surface area contributed by atoms with E-state index in [0.29, 0.717) is 10.2 Å². The molecule has 96 valence electrons. The maximum atomic E-state index is 11.3. The summed E-state index contributed by atoms with van der Waals surface area (Å²) >= 11 is 3.23. The second-order valence-electron chi connectivity index (χ2n) is 4.69. The number of methoxy groups -OCH3 is 1. The zero-order valence-corrected chi connectivity index (χ0v) is 11.9. The molecule has 0 aliphatic heterocycles. The monoisotopic (exact) mass is 303 g/mol. The van der Waals surface area contributed by atoms with Crippen LogP contribution in [0.15, 0.2) is 15.5 Å². The highest BCUT2D eigenvalue weighted by atomic mass is 79.9. The summed E-state index contributed by atoms with van der Waals surface area (Å²) in [6, 6.07) is 0. The standard InChI is InChI=1S/C11H18BrN3O2/c1-11(2,4-5-17-3)7-13-8-6-14-15-10(16)9(8)12/h6H,4-5,7H2,1-3H3,(H2,13,15,16). The average molecular weight is 304 g/mol. The highest BCUT2D eigenvalue weighted by molar-refractivity contribution is 9.10. The number of anilines is 1. The van der Waals surface area contributed by atoms with Crippen molar-refractivity contribution in [2.75, 3.05) is 25.6 Å². The van der Waals surface area contributed by atoms with Gasteiger partial charge in [0.1, 0.15) is 4.47 Å². The molecule has 0 aliphatic rings. The van der Waals surface area contributed by atoms with Gasteiger partial charge >= 0.3 is 0 Å². The number of aromatic amines is 1. The van der Waals surface area contributed by atoms with Gasteiger partial charge in [-0.15, -0.1) is 0 Å². The van der Waals surface area contributed by atoms with Crippen LogP contribution in [0.3, 0.4) is 0 Å². The molecule has 0 bridgehead atoms. The summed E-state index contributed by atoms with van der Waals surface area (Å²) < 4.78 is 5.55. The smallest absolute Gasteiger partial charge is 0.280 e. The van der Waals surface area contributed by atoms with Gasteiger partial charge in [-0.05, 0) is 27.8 Å². The van der Waals surface area contributed by atoms with E-state index >= 15 is 0 Å². The summed E-state index contributed by atoms with van der Waals surface area (Å²) in [6.45, 7) is 5.77. The maximum absolute atomic E-state index is 11.3. The van der Waals surface area contributed by atoms with Crippen LogP contribution in [0.2, 0.25) is 0 Å². The normalized spacial score (nSPS) is 11.5. The van der Waals surface area contributed by atoms with Crippen LogP contribution in [0, 0.1) is 5.41 Å². The van der Waals surface area contributed by atoms with Crippen LogP contribution in [0.4, 0.5) is 5.69 Å². The molecule has 0 saturated carbocycles. The van der Waals surface area contributed by atoms with E-state index in [1.54, 1.807) is 13.3 Å². The van der Waals surface area contributed by atoms with Gasteiger partial charge < -0.3 is 10.1 Å². The average Bonchev–Trinajstić information content (AvgIpc) is 2.29. The molecule has 1 aromatic heterocycles. The molecule has 0 radical (unpaired) electrons. The van der Waals surface area contributed by atoms with Crippen LogP contribution < -0.4 is 10.9 Å².